The van der Waals surface area contributed by atoms with Crippen LogP contribution in [0.2, 0.25) is 0 Å². The van der Waals surface area contributed by atoms with Crippen molar-refractivity contribution in [1.29, 1.82) is 0 Å². The van der Waals surface area contributed by atoms with Crippen molar-refractivity contribution in [2.45, 2.75) is 32.9 Å². The van der Waals surface area contributed by atoms with E-state index >= 15 is 0 Å². The molecule has 3 rings (SSSR count). The molecule has 1 fully saturated rings. The molecule has 0 aliphatic carbocycles. The lowest BCUT2D eigenvalue weighted by Gasteiger charge is -2.34. The number of hydrogen-bond donors (Lipinski definition) is 0. The maximum Gasteiger partial charge on any atom is 0.409 e. The normalized spacial score (nSPS) is 20.4. The lowest BCUT2D eigenvalue weighted by atomic mass is 10.2. The largest absolute Gasteiger partial charge is 0.489 e. The second-order valence-corrected chi connectivity index (χ2v) is 7.09. The van der Waals surface area contributed by atoms with Gasteiger partial charge in [0, 0.05) is 57.8 Å². The Bertz CT molecular complexity index is 658. The predicted octanol–water partition coefficient (Wildman–Crippen LogP) is 1.96. The van der Waals surface area contributed by atoms with Crippen molar-refractivity contribution in [3.05, 3.63) is 29.8 Å². The van der Waals surface area contributed by atoms with Gasteiger partial charge in [-0.1, -0.05) is 18.2 Å². The Morgan fingerprint density at radius 1 is 1.15 bits per heavy atom. The summed E-state index contributed by atoms with van der Waals surface area (Å²) < 4.78 is 11.0. The molecule has 148 valence electrons. The zero-order valence-electron chi connectivity index (χ0n) is 16.2. The molecule has 2 heterocycles. The summed E-state index contributed by atoms with van der Waals surface area (Å²) in [7, 11) is 0. The van der Waals surface area contributed by atoms with E-state index in [1.54, 1.807) is 11.8 Å². The monoisotopic (exact) mass is 375 g/mol. The molecule has 0 radical (unpaired) electrons. The van der Waals surface area contributed by atoms with E-state index in [9.17, 15) is 9.59 Å². The van der Waals surface area contributed by atoms with Crippen LogP contribution in [0.5, 0.6) is 5.75 Å². The van der Waals surface area contributed by atoms with Gasteiger partial charge in [0.2, 0.25) is 5.91 Å². The summed E-state index contributed by atoms with van der Waals surface area (Å²) in [6, 6.07) is 8.09. The quantitative estimate of drug-likeness (QED) is 0.805. The van der Waals surface area contributed by atoms with Gasteiger partial charge in [0.05, 0.1) is 6.61 Å². The molecule has 2 aliphatic rings. The standard InChI is InChI=1S/C20H29N3O4/c1-3-26-20(25)23-12-10-22(11-13-23)19(24)8-9-21-14-16(2)27-18-7-5-4-6-17(18)15-21/h4-7,16H,3,8-15H2,1-2H3/t16-/m0/s1. The highest BCUT2D eigenvalue weighted by Crippen LogP contribution is 2.24. The Hall–Kier alpha value is -2.28. The number of piperazine rings is 1. The molecular formula is C20H29N3O4. The van der Waals surface area contributed by atoms with Crippen LogP contribution in [-0.4, -0.2) is 78.7 Å². The average Bonchev–Trinajstić information content (AvgIpc) is 2.83. The maximum absolute atomic E-state index is 12.6. The van der Waals surface area contributed by atoms with Gasteiger partial charge in [-0.3, -0.25) is 9.69 Å². The van der Waals surface area contributed by atoms with Crippen LogP contribution in [0.25, 0.3) is 0 Å². The summed E-state index contributed by atoms with van der Waals surface area (Å²) >= 11 is 0. The van der Waals surface area contributed by atoms with Crippen molar-refractivity contribution in [1.82, 2.24) is 14.7 Å². The third-order valence-electron chi connectivity index (χ3n) is 5.01. The van der Waals surface area contributed by atoms with Crippen molar-refractivity contribution >= 4 is 12.0 Å². The molecule has 1 saturated heterocycles. The Morgan fingerprint density at radius 2 is 1.85 bits per heavy atom. The first-order valence-electron chi connectivity index (χ1n) is 9.73. The number of hydrogen-bond acceptors (Lipinski definition) is 5. The lowest BCUT2D eigenvalue weighted by molar-refractivity contribution is -0.133. The van der Waals surface area contributed by atoms with Gasteiger partial charge in [-0.2, -0.15) is 0 Å². The Labute approximate surface area is 160 Å². The van der Waals surface area contributed by atoms with Crippen LogP contribution in [0.4, 0.5) is 4.79 Å². The van der Waals surface area contributed by atoms with Crippen molar-refractivity contribution < 1.29 is 19.1 Å². The van der Waals surface area contributed by atoms with Crippen molar-refractivity contribution in [2.24, 2.45) is 0 Å². The van der Waals surface area contributed by atoms with Gasteiger partial charge in [-0.15, -0.1) is 0 Å². The van der Waals surface area contributed by atoms with Gasteiger partial charge in [0.1, 0.15) is 11.9 Å². The number of carbonyl (C=O) groups excluding carboxylic acids is 2. The molecule has 1 aromatic carbocycles. The zero-order valence-corrected chi connectivity index (χ0v) is 16.2. The van der Waals surface area contributed by atoms with Crippen LogP contribution < -0.4 is 4.74 Å². The van der Waals surface area contributed by atoms with Crippen molar-refractivity contribution in [3.8, 4) is 5.75 Å². The Morgan fingerprint density at radius 3 is 2.59 bits per heavy atom. The summed E-state index contributed by atoms with van der Waals surface area (Å²) in [6.45, 7) is 8.75. The SMILES string of the molecule is CCOC(=O)N1CCN(C(=O)CCN2Cc3ccccc3O[C@@H](C)C2)CC1. The zero-order chi connectivity index (χ0) is 19.2. The third kappa shape index (κ3) is 5.13. The fourth-order valence-electron chi connectivity index (χ4n) is 3.61. The molecule has 1 aromatic rings. The van der Waals surface area contributed by atoms with Gasteiger partial charge >= 0.3 is 6.09 Å². The van der Waals surface area contributed by atoms with E-state index in [-0.39, 0.29) is 18.1 Å². The Kier molecular flexibility index (Phi) is 6.55. The molecule has 0 saturated carbocycles. The third-order valence-corrected chi connectivity index (χ3v) is 5.01. The van der Waals surface area contributed by atoms with Gasteiger partial charge in [-0.05, 0) is 19.9 Å². The second-order valence-electron chi connectivity index (χ2n) is 7.09. The van der Waals surface area contributed by atoms with Gasteiger partial charge in [-0.25, -0.2) is 4.79 Å². The van der Waals surface area contributed by atoms with E-state index in [1.165, 1.54) is 0 Å². The average molecular weight is 375 g/mol. The van der Waals surface area contributed by atoms with E-state index in [2.05, 4.69) is 17.9 Å². The molecule has 0 N–H and O–H groups in total. The van der Waals surface area contributed by atoms with Crippen LogP contribution in [0.15, 0.2) is 24.3 Å². The molecule has 1 atom stereocenters. The maximum atomic E-state index is 12.6. The molecular weight excluding hydrogens is 346 g/mol. The molecule has 27 heavy (non-hydrogen) atoms. The van der Waals surface area contributed by atoms with Gasteiger partial charge in [0.15, 0.2) is 0 Å². The minimum Gasteiger partial charge on any atom is -0.489 e. The fraction of sp³-hybridized carbons (Fsp3) is 0.600. The molecule has 0 bridgehead atoms. The molecule has 2 amide bonds. The van der Waals surface area contributed by atoms with Gasteiger partial charge < -0.3 is 19.3 Å². The number of benzene rings is 1. The van der Waals surface area contributed by atoms with Crippen LogP contribution in [-0.2, 0) is 16.1 Å². The van der Waals surface area contributed by atoms with E-state index in [0.717, 1.165) is 24.4 Å². The highest BCUT2D eigenvalue weighted by atomic mass is 16.6. The number of ether oxygens (including phenoxy) is 2. The topological polar surface area (TPSA) is 62.3 Å². The van der Waals surface area contributed by atoms with E-state index in [4.69, 9.17) is 9.47 Å². The first-order valence-corrected chi connectivity index (χ1v) is 9.73. The fourth-order valence-corrected chi connectivity index (χ4v) is 3.61. The first-order chi connectivity index (χ1) is 13.1. The molecule has 7 heteroatoms. The number of fused-ring (bicyclic) bond motifs is 1. The molecule has 0 spiro atoms. The summed E-state index contributed by atoms with van der Waals surface area (Å²) in [4.78, 5) is 30.1. The van der Waals surface area contributed by atoms with Crippen molar-refractivity contribution in [3.63, 3.8) is 0 Å². The van der Waals surface area contributed by atoms with Crippen LogP contribution >= 0.6 is 0 Å². The van der Waals surface area contributed by atoms with E-state index < -0.39 is 0 Å². The minimum absolute atomic E-state index is 0.0943. The summed E-state index contributed by atoms with van der Waals surface area (Å²) in [5, 5.41) is 0. The second kappa shape index (κ2) is 9.08. The Balaban J connectivity index is 1.47. The van der Waals surface area contributed by atoms with Crippen LogP contribution in [0.1, 0.15) is 25.8 Å². The lowest BCUT2D eigenvalue weighted by Crippen LogP contribution is -2.51. The molecule has 2 aliphatic heterocycles. The minimum atomic E-state index is -0.290. The number of nitrogens with zero attached hydrogens (tertiary/aromatic N) is 3. The number of para-hydroxylation sites is 1. The number of rotatable bonds is 4. The molecule has 7 nitrogen and oxygen atoms in total. The summed E-state index contributed by atoms with van der Waals surface area (Å²) in [5.41, 5.74) is 1.16. The predicted molar refractivity (Wildman–Crippen MR) is 102 cm³/mol. The number of amides is 2. The summed E-state index contributed by atoms with van der Waals surface area (Å²) in [5.74, 6) is 1.08. The van der Waals surface area contributed by atoms with Crippen molar-refractivity contribution in [2.75, 3.05) is 45.9 Å². The van der Waals surface area contributed by atoms with Crippen LogP contribution in [0, 0.1) is 0 Å². The van der Waals surface area contributed by atoms with Gasteiger partial charge in [0.25, 0.3) is 0 Å². The highest BCUT2D eigenvalue weighted by molar-refractivity contribution is 5.77. The van der Waals surface area contributed by atoms with E-state index in [1.807, 2.05) is 23.1 Å². The van der Waals surface area contributed by atoms with E-state index in [0.29, 0.717) is 45.8 Å². The first kappa shape index (κ1) is 19.5. The smallest absolute Gasteiger partial charge is 0.409 e. The highest BCUT2D eigenvalue weighted by Gasteiger charge is 2.26. The molecule has 0 unspecified atom stereocenters. The summed E-state index contributed by atoms with van der Waals surface area (Å²) in [6.07, 6.45) is 0.285. The number of carbonyl (C=O) groups is 2. The molecule has 0 aromatic heterocycles. The van der Waals surface area contributed by atoms with Crippen LogP contribution in [0.3, 0.4) is 0 Å².